The highest BCUT2D eigenvalue weighted by Gasteiger charge is 2.63. The Bertz CT molecular complexity index is 319. The highest BCUT2D eigenvalue weighted by atomic mass is 15.4. The number of hydrogen-bond acceptors (Lipinski definition) is 1. The van der Waals surface area contributed by atoms with Gasteiger partial charge in [0, 0.05) is 6.04 Å². The minimum absolute atomic E-state index is 0.446. The van der Waals surface area contributed by atoms with Gasteiger partial charge in [-0.1, -0.05) is 30.3 Å². The van der Waals surface area contributed by atoms with Crippen LogP contribution in [0.15, 0.2) is 30.3 Å². The molecule has 1 aromatic carbocycles. The maximum Gasteiger partial charge on any atom is 0.0618 e. The first-order chi connectivity index (χ1) is 6.36. The van der Waals surface area contributed by atoms with Gasteiger partial charge in [-0.15, -0.1) is 0 Å². The molecule has 13 heavy (non-hydrogen) atoms. The normalized spacial score (nSPS) is 41.6. The largest absolute Gasteiger partial charge is 0.290 e. The summed E-state index contributed by atoms with van der Waals surface area (Å²) in [5.74, 6) is 0. The topological polar surface area (TPSA) is 3.01 Å². The SMILES string of the molecule is CN1C2CCCC21c1ccccc1. The molecule has 1 heteroatoms. The highest BCUT2D eigenvalue weighted by molar-refractivity contribution is 5.36. The van der Waals surface area contributed by atoms with Gasteiger partial charge in [-0.2, -0.15) is 0 Å². The Morgan fingerprint density at radius 1 is 1.31 bits per heavy atom. The van der Waals surface area contributed by atoms with Crippen molar-refractivity contribution in [3.05, 3.63) is 35.9 Å². The molecule has 1 saturated heterocycles. The van der Waals surface area contributed by atoms with Crippen molar-refractivity contribution >= 4 is 0 Å². The van der Waals surface area contributed by atoms with Crippen LogP contribution < -0.4 is 0 Å². The lowest BCUT2D eigenvalue weighted by Gasteiger charge is -2.13. The van der Waals surface area contributed by atoms with Crippen LogP contribution in [0.2, 0.25) is 0 Å². The maximum atomic E-state index is 2.53. The summed E-state index contributed by atoms with van der Waals surface area (Å²) in [5.41, 5.74) is 1.97. The molecule has 0 bridgehead atoms. The molecular formula is C12H15N. The average molecular weight is 173 g/mol. The fourth-order valence-electron chi connectivity index (χ4n) is 3.15. The number of hydrogen-bond donors (Lipinski definition) is 0. The molecule has 1 aliphatic heterocycles. The van der Waals surface area contributed by atoms with Crippen LogP contribution in [-0.4, -0.2) is 18.0 Å². The molecule has 0 aromatic heterocycles. The van der Waals surface area contributed by atoms with Crippen LogP contribution in [0.3, 0.4) is 0 Å². The van der Waals surface area contributed by atoms with Crippen molar-refractivity contribution in [1.82, 2.24) is 4.90 Å². The molecule has 1 aliphatic carbocycles. The fraction of sp³-hybridized carbons (Fsp3) is 0.500. The smallest absolute Gasteiger partial charge is 0.0618 e. The first-order valence-electron chi connectivity index (χ1n) is 5.14. The van der Waals surface area contributed by atoms with E-state index >= 15 is 0 Å². The van der Waals surface area contributed by atoms with Gasteiger partial charge in [-0.05, 0) is 31.9 Å². The van der Waals surface area contributed by atoms with Crippen LogP contribution in [-0.2, 0) is 5.54 Å². The molecule has 3 unspecified atom stereocenters. The molecule has 2 aliphatic rings. The first-order valence-corrected chi connectivity index (χ1v) is 5.14. The Hall–Kier alpha value is -0.820. The van der Waals surface area contributed by atoms with E-state index < -0.39 is 0 Å². The minimum Gasteiger partial charge on any atom is -0.290 e. The van der Waals surface area contributed by atoms with Gasteiger partial charge >= 0.3 is 0 Å². The van der Waals surface area contributed by atoms with Crippen LogP contribution in [0.5, 0.6) is 0 Å². The Morgan fingerprint density at radius 3 is 2.69 bits per heavy atom. The summed E-state index contributed by atoms with van der Waals surface area (Å²) in [4.78, 5) is 2.53. The van der Waals surface area contributed by atoms with Crippen LogP contribution in [0.4, 0.5) is 0 Å². The van der Waals surface area contributed by atoms with Crippen LogP contribution >= 0.6 is 0 Å². The third kappa shape index (κ3) is 0.806. The van der Waals surface area contributed by atoms with Crippen molar-refractivity contribution in [3.8, 4) is 0 Å². The number of likely N-dealkylation sites (N-methyl/N-ethyl adjacent to an activating group) is 1. The van der Waals surface area contributed by atoms with E-state index in [1.54, 1.807) is 0 Å². The van der Waals surface area contributed by atoms with Gasteiger partial charge < -0.3 is 0 Å². The van der Waals surface area contributed by atoms with Crippen molar-refractivity contribution in [2.45, 2.75) is 30.8 Å². The van der Waals surface area contributed by atoms with Crippen LogP contribution in [0.25, 0.3) is 0 Å². The zero-order chi connectivity index (χ0) is 8.89. The van der Waals surface area contributed by atoms with Crippen molar-refractivity contribution in [1.29, 1.82) is 0 Å². The van der Waals surface area contributed by atoms with Crippen molar-refractivity contribution in [3.63, 3.8) is 0 Å². The van der Waals surface area contributed by atoms with Crippen LogP contribution in [0, 0.1) is 0 Å². The van der Waals surface area contributed by atoms with E-state index in [-0.39, 0.29) is 0 Å². The summed E-state index contributed by atoms with van der Waals surface area (Å²) in [6.45, 7) is 0. The van der Waals surface area contributed by atoms with E-state index in [1.807, 2.05) is 0 Å². The van der Waals surface area contributed by atoms with E-state index in [4.69, 9.17) is 0 Å². The summed E-state index contributed by atoms with van der Waals surface area (Å²) < 4.78 is 0. The van der Waals surface area contributed by atoms with Crippen molar-refractivity contribution < 1.29 is 0 Å². The molecule has 1 aromatic rings. The monoisotopic (exact) mass is 173 g/mol. The molecule has 1 saturated carbocycles. The van der Waals surface area contributed by atoms with E-state index in [0.29, 0.717) is 5.54 Å². The van der Waals surface area contributed by atoms with Crippen molar-refractivity contribution in [2.75, 3.05) is 7.05 Å². The standard InChI is InChI=1S/C12H15N/c1-13-11-8-5-9-12(11,13)10-6-3-2-4-7-10/h2-4,6-7,11H,5,8-9H2,1H3. The quantitative estimate of drug-likeness (QED) is 0.589. The van der Waals surface area contributed by atoms with E-state index in [1.165, 1.54) is 24.8 Å². The molecule has 0 amide bonds. The number of rotatable bonds is 1. The van der Waals surface area contributed by atoms with Gasteiger partial charge in [0.15, 0.2) is 0 Å². The molecule has 2 fully saturated rings. The maximum absolute atomic E-state index is 2.53. The Balaban J connectivity index is 2.02. The van der Waals surface area contributed by atoms with Gasteiger partial charge in [-0.3, -0.25) is 4.90 Å². The van der Waals surface area contributed by atoms with E-state index in [2.05, 4.69) is 42.3 Å². The summed E-state index contributed by atoms with van der Waals surface area (Å²) in [5, 5.41) is 0. The lowest BCUT2D eigenvalue weighted by molar-refractivity contribution is 0.421. The molecule has 1 nitrogen and oxygen atoms in total. The van der Waals surface area contributed by atoms with Crippen LogP contribution in [0.1, 0.15) is 24.8 Å². The molecule has 3 atom stereocenters. The van der Waals surface area contributed by atoms with Gasteiger partial charge in [-0.25, -0.2) is 0 Å². The van der Waals surface area contributed by atoms with Gasteiger partial charge in [0.1, 0.15) is 0 Å². The molecule has 0 radical (unpaired) electrons. The third-order valence-corrected chi connectivity index (χ3v) is 3.89. The van der Waals surface area contributed by atoms with Gasteiger partial charge in [0.05, 0.1) is 5.54 Å². The number of benzene rings is 1. The zero-order valence-electron chi connectivity index (χ0n) is 8.03. The second kappa shape index (κ2) is 2.36. The second-order valence-corrected chi connectivity index (χ2v) is 4.31. The Morgan fingerprint density at radius 2 is 2.08 bits per heavy atom. The highest BCUT2D eigenvalue weighted by Crippen LogP contribution is 2.58. The number of nitrogens with zero attached hydrogens (tertiary/aromatic N) is 1. The second-order valence-electron chi connectivity index (χ2n) is 4.31. The summed E-state index contributed by atoms with van der Waals surface area (Å²) in [7, 11) is 2.26. The lowest BCUT2D eigenvalue weighted by Crippen LogP contribution is -2.12. The predicted octanol–water partition coefficient (Wildman–Crippen LogP) is 2.38. The van der Waals surface area contributed by atoms with Gasteiger partial charge in [0.25, 0.3) is 0 Å². The summed E-state index contributed by atoms with van der Waals surface area (Å²) in [6, 6.07) is 11.8. The minimum atomic E-state index is 0.446. The summed E-state index contributed by atoms with van der Waals surface area (Å²) in [6.07, 6.45) is 4.16. The fourth-order valence-corrected chi connectivity index (χ4v) is 3.15. The molecule has 3 rings (SSSR count). The van der Waals surface area contributed by atoms with Gasteiger partial charge in [0.2, 0.25) is 0 Å². The zero-order valence-corrected chi connectivity index (χ0v) is 8.03. The number of fused-ring (bicyclic) bond motifs is 1. The molecule has 1 heterocycles. The van der Waals surface area contributed by atoms with Crippen molar-refractivity contribution in [2.24, 2.45) is 0 Å². The van der Waals surface area contributed by atoms with E-state index in [9.17, 15) is 0 Å². The molecular weight excluding hydrogens is 158 g/mol. The average Bonchev–Trinajstić information content (AvgIpc) is 2.63. The van der Waals surface area contributed by atoms with E-state index in [0.717, 1.165) is 6.04 Å². The Kier molecular flexibility index (Phi) is 1.37. The first kappa shape index (κ1) is 7.57. The molecule has 68 valence electrons. The predicted molar refractivity (Wildman–Crippen MR) is 53.5 cm³/mol. The Labute approximate surface area is 79.4 Å². The third-order valence-electron chi connectivity index (χ3n) is 3.89. The lowest BCUT2D eigenvalue weighted by atomic mass is 9.96. The summed E-state index contributed by atoms with van der Waals surface area (Å²) >= 11 is 0. The molecule has 0 spiro atoms. The number of likely N-dealkylation sites (tertiary alicyclic amines) is 1. The molecule has 0 N–H and O–H groups in total. The number of piperidine rings is 1.